The van der Waals surface area contributed by atoms with E-state index in [0.29, 0.717) is 11.5 Å². The van der Waals surface area contributed by atoms with Crippen molar-refractivity contribution in [2.75, 3.05) is 19.5 Å². The summed E-state index contributed by atoms with van der Waals surface area (Å²) in [6.07, 6.45) is 3.22. The first-order valence-electron chi connectivity index (χ1n) is 7.42. The number of benzene rings is 2. The van der Waals surface area contributed by atoms with Crippen molar-refractivity contribution in [2.24, 2.45) is 0 Å². The van der Waals surface area contributed by atoms with Crippen LogP contribution in [0.4, 0.5) is 5.69 Å². The highest BCUT2D eigenvalue weighted by molar-refractivity contribution is 9.10. The molecule has 0 aromatic heterocycles. The summed E-state index contributed by atoms with van der Waals surface area (Å²) in [5.74, 6) is 1.03. The summed E-state index contributed by atoms with van der Waals surface area (Å²) in [6, 6.07) is 9.63. The lowest BCUT2D eigenvalue weighted by Gasteiger charge is -2.10. The van der Waals surface area contributed by atoms with Gasteiger partial charge in [0.05, 0.1) is 18.7 Å². The van der Waals surface area contributed by atoms with Crippen LogP contribution in [0.3, 0.4) is 0 Å². The first-order valence-corrected chi connectivity index (χ1v) is 8.21. The minimum absolute atomic E-state index is 0.186. The van der Waals surface area contributed by atoms with Gasteiger partial charge >= 0.3 is 0 Å². The third-order valence-corrected chi connectivity index (χ3v) is 4.12. The lowest BCUT2D eigenvalue weighted by molar-refractivity contribution is -0.111. The maximum atomic E-state index is 12.1. The summed E-state index contributed by atoms with van der Waals surface area (Å²) in [6.45, 7) is 3.95. The van der Waals surface area contributed by atoms with E-state index in [1.807, 2.05) is 44.2 Å². The summed E-state index contributed by atoms with van der Waals surface area (Å²) in [5.41, 5.74) is 3.77. The molecule has 0 aliphatic rings. The Kier molecular flexibility index (Phi) is 6.04. The summed E-state index contributed by atoms with van der Waals surface area (Å²) in [5, 5.41) is 2.89. The van der Waals surface area contributed by atoms with Crippen LogP contribution in [-0.4, -0.2) is 20.1 Å². The molecule has 2 rings (SSSR count). The van der Waals surface area contributed by atoms with E-state index in [1.165, 1.54) is 6.08 Å². The summed E-state index contributed by atoms with van der Waals surface area (Å²) in [4.78, 5) is 12.1. The molecule has 0 atom stereocenters. The standard InChI is InChI=1S/C19H20BrNO3/c1-12-5-6-13(2)16(9-12)21-18(22)8-7-14-10-15(20)19(24-4)17(11-14)23-3/h5-11H,1-4H3,(H,21,22)/b8-7+. The van der Waals surface area contributed by atoms with Gasteiger partial charge in [0, 0.05) is 11.8 Å². The highest BCUT2D eigenvalue weighted by Gasteiger charge is 2.09. The van der Waals surface area contributed by atoms with Crippen LogP contribution in [0.5, 0.6) is 11.5 Å². The number of halogens is 1. The molecule has 0 spiro atoms. The molecule has 0 saturated heterocycles. The maximum absolute atomic E-state index is 12.1. The fraction of sp³-hybridized carbons (Fsp3) is 0.211. The van der Waals surface area contributed by atoms with Gasteiger partial charge in [-0.15, -0.1) is 0 Å². The molecule has 4 nitrogen and oxygen atoms in total. The second-order valence-electron chi connectivity index (χ2n) is 5.38. The van der Waals surface area contributed by atoms with Crippen molar-refractivity contribution < 1.29 is 14.3 Å². The van der Waals surface area contributed by atoms with Gasteiger partial charge in [-0.3, -0.25) is 4.79 Å². The fourth-order valence-corrected chi connectivity index (χ4v) is 2.87. The number of amides is 1. The van der Waals surface area contributed by atoms with Crippen molar-refractivity contribution >= 4 is 33.6 Å². The van der Waals surface area contributed by atoms with Gasteiger partial charge in [-0.05, 0) is 70.7 Å². The van der Waals surface area contributed by atoms with Gasteiger partial charge in [0.1, 0.15) is 0 Å². The van der Waals surface area contributed by atoms with Crippen molar-refractivity contribution in [3.05, 3.63) is 57.6 Å². The van der Waals surface area contributed by atoms with Crippen molar-refractivity contribution in [3.63, 3.8) is 0 Å². The van der Waals surface area contributed by atoms with E-state index < -0.39 is 0 Å². The molecule has 5 heteroatoms. The van der Waals surface area contributed by atoms with Crippen molar-refractivity contribution in [1.82, 2.24) is 0 Å². The predicted molar refractivity (Wildman–Crippen MR) is 101 cm³/mol. The van der Waals surface area contributed by atoms with Crippen molar-refractivity contribution in [3.8, 4) is 11.5 Å². The predicted octanol–water partition coefficient (Wildman–Crippen LogP) is 4.74. The number of anilines is 1. The van der Waals surface area contributed by atoms with Crippen molar-refractivity contribution in [2.45, 2.75) is 13.8 Å². The van der Waals surface area contributed by atoms with Gasteiger partial charge in [0.25, 0.3) is 0 Å². The van der Waals surface area contributed by atoms with Gasteiger partial charge in [-0.1, -0.05) is 12.1 Å². The monoisotopic (exact) mass is 389 g/mol. The zero-order valence-electron chi connectivity index (χ0n) is 14.1. The van der Waals surface area contributed by atoms with Gasteiger partial charge in [0.2, 0.25) is 5.91 Å². The second kappa shape index (κ2) is 8.02. The quantitative estimate of drug-likeness (QED) is 0.751. The molecule has 0 aliphatic heterocycles. The number of aryl methyl sites for hydroxylation is 2. The largest absolute Gasteiger partial charge is 0.493 e. The van der Waals surface area contributed by atoms with E-state index in [-0.39, 0.29) is 5.91 Å². The van der Waals surface area contributed by atoms with E-state index in [9.17, 15) is 4.79 Å². The molecule has 24 heavy (non-hydrogen) atoms. The average molecular weight is 390 g/mol. The molecule has 0 heterocycles. The van der Waals surface area contributed by atoms with Gasteiger partial charge in [-0.25, -0.2) is 0 Å². The number of rotatable bonds is 5. The van der Waals surface area contributed by atoms with E-state index in [4.69, 9.17) is 9.47 Å². The minimum atomic E-state index is -0.186. The van der Waals surface area contributed by atoms with Crippen molar-refractivity contribution in [1.29, 1.82) is 0 Å². The number of carbonyl (C=O) groups excluding carboxylic acids is 1. The lowest BCUT2D eigenvalue weighted by Crippen LogP contribution is -2.09. The third-order valence-electron chi connectivity index (χ3n) is 3.53. The first kappa shape index (κ1) is 18.1. The van der Waals surface area contributed by atoms with Crippen LogP contribution in [0.2, 0.25) is 0 Å². The topological polar surface area (TPSA) is 47.6 Å². The zero-order valence-corrected chi connectivity index (χ0v) is 15.7. The van der Waals surface area contributed by atoms with Crippen LogP contribution < -0.4 is 14.8 Å². The SMILES string of the molecule is COc1cc(/C=C/C(=O)Nc2cc(C)ccc2C)cc(Br)c1OC. The summed E-state index contributed by atoms with van der Waals surface area (Å²) in [7, 11) is 3.15. The Labute approximate surface area is 150 Å². The van der Waals surface area contributed by atoms with Crippen LogP contribution >= 0.6 is 15.9 Å². The molecule has 0 saturated carbocycles. The van der Waals surface area contributed by atoms with E-state index in [1.54, 1.807) is 20.3 Å². The molecule has 0 unspecified atom stereocenters. The molecule has 0 bridgehead atoms. The van der Waals surface area contributed by atoms with Crippen LogP contribution in [-0.2, 0) is 4.79 Å². The lowest BCUT2D eigenvalue weighted by atomic mass is 10.1. The molecule has 1 N–H and O–H groups in total. The summed E-state index contributed by atoms with van der Waals surface area (Å²) >= 11 is 3.44. The zero-order chi connectivity index (χ0) is 17.7. The van der Waals surface area contributed by atoms with E-state index >= 15 is 0 Å². The Bertz CT molecular complexity index is 784. The number of hydrogen-bond acceptors (Lipinski definition) is 3. The Hall–Kier alpha value is -2.27. The molecule has 1 amide bonds. The van der Waals surface area contributed by atoms with Gasteiger partial charge in [0.15, 0.2) is 11.5 Å². The number of methoxy groups -OCH3 is 2. The Morgan fingerprint density at radius 2 is 1.88 bits per heavy atom. The molecular weight excluding hydrogens is 370 g/mol. The first-order chi connectivity index (χ1) is 11.4. The van der Waals surface area contributed by atoms with E-state index in [0.717, 1.165) is 26.9 Å². The van der Waals surface area contributed by atoms with Crippen LogP contribution in [0.25, 0.3) is 6.08 Å². The number of nitrogens with one attached hydrogen (secondary N) is 1. The molecule has 126 valence electrons. The van der Waals surface area contributed by atoms with Crippen LogP contribution in [0, 0.1) is 13.8 Å². The third kappa shape index (κ3) is 4.38. The number of hydrogen-bond donors (Lipinski definition) is 1. The maximum Gasteiger partial charge on any atom is 0.248 e. The van der Waals surface area contributed by atoms with E-state index in [2.05, 4.69) is 21.2 Å². The number of ether oxygens (including phenoxy) is 2. The van der Waals surface area contributed by atoms with Gasteiger partial charge < -0.3 is 14.8 Å². The molecule has 2 aromatic rings. The molecule has 0 fully saturated rings. The fourth-order valence-electron chi connectivity index (χ4n) is 2.25. The molecular formula is C19H20BrNO3. The normalized spacial score (nSPS) is 10.7. The molecule has 2 aromatic carbocycles. The highest BCUT2D eigenvalue weighted by atomic mass is 79.9. The smallest absolute Gasteiger partial charge is 0.248 e. The Morgan fingerprint density at radius 1 is 1.12 bits per heavy atom. The number of carbonyl (C=O) groups is 1. The second-order valence-corrected chi connectivity index (χ2v) is 6.23. The Morgan fingerprint density at radius 3 is 2.54 bits per heavy atom. The highest BCUT2D eigenvalue weighted by Crippen LogP contribution is 2.36. The average Bonchev–Trinajstić information content (AvgIpc) is 2.55. The summed E-state index contributed by atoms with van der Waals surface area (Å²) < 4.78 is 11.3. The van der Waals surface area contributed by atoms with Crippen LogP contribution in [0.15, 0.2) is 40.9 Å². The van der Waals surface area contributed by atoms with Gasteiger partial charge in [-0.2, -0.15) is 0 Å². The van der Waals surface area contributed by atoms with Crippen LogP contribution in [0.1, 0.15) is 16.7 Å². The molecule has 0 radical (unpaired) electrons. The minimum Gasteiger partial charge on any atom is -0.493 e. The molecule has 0 aliphatic carbocycles. The Balaban J connectivity index is 2.17.